The minimum Gasteiger partial charge on any atom is -0.367 e. The Morgan fingerprint density at radius 1 is 1.35 bits per heavy atom. The second-order valence-electron chi connectivity index (χ2n) is 3.97. The molecule has 88 valence electrons. The zero-order valence-corrected chi connectivity index (χ0v) is 11.5. The molecule has 0 aliphatic rings. The summed E-state index contributed by atoms with van der Waals surface area (Å²) in [6.07, 6.45) is 0.491. The largest absolute Gasteiger partial charge is 0.367 e. The van der Waals surface area contributed by atoms with Crippen LogP contribution in [0.15, 0.2) is 22.7 Å². The quantitative estimate of drug-likeness (QED) is 0.854. The highest BCUT2D eigenvalue weighted by Gasteiger charge is 2.13. The normalized spacial score (nSPS) is 9.76. The fraction of sp³-hybridized carbons (Fsp3) is 0.385. The van der Waals surface area contributed by atoms with Gasteiger partial charge in [-0.3, -0.25) is 0 Å². The number of rotatable bonds is 4. The molecule has 0 N–H and O–H groups in total. The molecule has 0 saturated heterocycles. The molecule has 0 bridgehead atoms. The number of halogens is 1. The molecular weight excluding hydrogens is 278 g/mol. The van der Waals surface area contributed by atoms with E-state index >= 15 is 0 Å². The number of hydrogen-bond acceptors (Lipinski definition) is 3. The molecule has 0 fully saturated rings. The minimum atomic E-state index is 0.313. The molecule has 17 heavy (non-hydrogen) atoms. The van der Waals surface area contributed by atoms with Crippen LogP contribution in [0.1, 0.15) is 25.8 Å². The van der Waals surface area contributed by atoms with Gasteiger partial charge in [-0.05, 0) is 48.0 Å². The van der Waals surface area contributed by atoms with Crippen LogP contribution in [-0.4, -0.2) is 12.6 Å². The van der Waals surface area contributed by atoms with Gasteiger partial charge in [0.2, 0.25) is 0 Å². The zero-order chi connectivity index (χ0) is 12.8. The van der Waals surface area contributed by atoms with Gasteiger partial charge in [0.25, 0.3) is 0 Å². The number of benzene rings is 1. The van der Waals surface area contributed by atoms with Gasteiger partial charge in [0, 0.05) is 17.1 Å². The highest BCUT2D eigenvalue weighted by atomic mass is 79.9. The van der Waals surface area contributed by atoms with Crippen molar-refractivity contribution < 1.29 is 0 Å². The second-order valence-corrected chi connectivity index (χ2v) is 4.83. The van der Waals surface area contributed by atoms with Gasteiger partial charge in [-0.15, -0.1) is 0 Å². The predicted octanol–water partition coefficient (Wildman–Crippen LogP) is 3.45. The molecule has 0 heterocycles. The van der Waals surface area contributed by atoms with E-state index in [2.05, 4.69) is 46.8 Å². The first kappa shape index (κ1) is 13.5. The molecule has 0 aliphatic carbocycles. The maximum Gasteiger partial charge on any atom is 0.0992 e. The van der Waals surface area contributed by atoms with E-state index in [1.807, 2.05) is 6.07 Å². The first-order valence-electron chi connectivity index (χ1n) is 5.43. The van der Waals surface area contributed by atoms with Gasteiger partial charge in [0.1, 0.15) is 0 Å². The Balaban J connectivity index is 3.03. The van der Waals surface area contributed by atoms with Crippen LogP contribution in [0.3, 0.4) is 0 Å². The summed E-state index contributed by atoms with van der Waals surface area (Å²) in [4.78, 5) is 2.15. The maximum atomic E-state index is 8.81. The molecule has 0 atom stereocenters. The number of hydrogen-bond donors (Lipinski definition) is 0. The van der Waals surface area contributed by atoms with Gasteiger partial charge in [-0.2, -0.15) is 10.5 Å². The van der Waals surface area contributed by atoms with Crippen LogP contribution in [-0.2, 0) is 0 Å². The third kappa shape index (κ3) is 3.47. The number of nitrogens with zero attached hydrogens (tertiary/aromatic N) is 3. The summed E-state index contributed by atoms with van der Waals surface area (Å²) in [6.45, 7) is 4.86. The van der Waals surface area contributed by atoms with E-state index in [1.165, 1.54) is 0 Å². The molecule has 0 unspecified atom stereocenters. The van der Waals surface area contributed by atoms with Crippen molar-refractivity contribution in [2.75, 3.05) is 11.4 Å². The van der Waals surface area contributed by atoms with Crippen molar-refractivity contribution in [2.45, 2.75) is 26.3 Å². The van der Waals surface area contributed by atoms with Crippen molar-refractivity contribution in [1.82, 2.24) is 0 Å². The Morgan fingerprint density at radius 2 is 2.06 bits per heavy atom. The Morgan fingerprint density at radius 3 is 2.53 bits per heavy atom. The van der Waals surface area contributed by atoms with E-state index in [0.717, 1.165) is 10.2 Å². The molecule has 0 amide bonds. The van der Waals surface area contributed by atoms with E-state index < -0.39 is 0 Å². The average Bonchev–Trinajstić information content (AvgIpc) is 2.30. The van der Waals surface area contributed by atoms with Crippen LogP contribution in [0, 0.1) is 22.7 Å². The SMILES string of the molecule is CC(C)N(CCC#N)c1ccc(C#N)cc1Br. The van der Waals surface area contributed by atoms with Gasteiger partial charge >= 0.3 is 0 Å². The van der Waals surface area contributed by atoms with Crippen molar-refractivity contribution in [3.05, 3.63) is 28.2 Å². The molecule has 0 radical (unpaired) electrons. The van der Waals surface area contributed by atoms with Gasteiger partial charge in [0.05, 0.1) is 29.8 Å². The Labute approximate surface area is 110 Å². The molecule has 0 aromatic heterocycles. The Hall–Kier alpha value is -1.52. The summed E-state index contributed by atoms with van der Waals surface area (Å²) in [5.74, 6) is 0. The maximum absolute atomic E-state index is 8.81. The van der Waals surface area contributed by atoms with Crippen LogP contribution >= 0.6 is 15.9 Å². The molecule has 1 aromatic rings. The van der Waals surface area contributed by atoms with E-state index in [0.29, 0.717) is 24.6 Å². The van der Waals surface area contributed by atoms with Gasteiger partial charge in [-0.1, -0.05) is 0 Å². The first-order valence-corrected chi connectivity index (χ1v) is 6.22. The predicted molar refractivity (Wildman–Crippen MR) is 71.6 cm³/mol. The molecule has 1 rings (SSSR count). The lowest BCUT2D eigenvalue weighted by Crippen LogP contribution is -2.31. The average molecular weight is 292 g/mol. The van der Waals surface area contributed by atoms with E-state index in [9.17, 15) is 0 Å². The fourth-order valence-corrected chi connectivity index (χ4v) is 2.24. The van der Waals surface area contributed by atoms with Crippen molar-refractivity contribution in [2.24, 2.45) is 0 Å². The van der Waals surface area contributed by atoms with E-state index in [4.69, 9.17) is 10.5 Å². The molecule has 1 aromatic carbocycles. The second kappa shape index (κ2) is 6.27. The summed E-state index contributed by atoms with van der Waals surface area (Å²) in [7, 11) is 0. The van der Waals surface area contributed by atoms with Crippen LogP contribution in [0.4, 0.5) is 5.69 Å². The zero-order valence-electron chi connectivity index (χ0n) is 9.94. The van der Waals surface area contributed by atoms with Crippen LogP contribution in [0.5, 0.6) is 0 Å². The van der Waals surface area contributed by atoms with Crippen molar-refractivity contribution in [3.63, 3.8) is 0 Å². The first-order chi connectivity index (χ1) is 8.10. The minimum absolute atomic E-state index is 0.313. The topological polar surface area (TPSA) is 50.8 Å². The lowest BCUT2D eigenvalue weighted by molar-refractivity contribution is 0.685. The Bertz CT molecular complexity index is 469. The summed E-state index contributed by atoms with van der Waals surface area (Å²) < 4.78 is 0.892. The van der Waals surface area contributed by atoms with E-state index in [1.54, 1.807) is 12.1 Å². The van der Waals surface area contributed by atoms with Gasteiger partial charge < -0.3 is 4.90 Å². The fourth-order valence-electron chi connectivity index (χ4n) is 1.64. The molecule has 0 aliphatic heterocycles. The molecule has 4 heteroatoms. The molecular formula is C13H14BrN3. The lowest BCUT2D eigenvalue weighted by atomic mass is 10.2. The van der Waals surface area contributed by atoms with Crippen molar-refractivity contribution in [3.8, 4) is 12.1 Å². The Kier molecular flexibility index (Phi) is 5.00. The van der Waals surface area contributed by atoms with Crippen molar-refractivity contribution in [1.29, 1.82) is 10.5 Å². The van der Waals surface area contributed by atoms with Gasteiger partial charge in [0.15, 0.2) is 0 Å². The number of anilines is 1. The third-order valence-electron chi connectivity index (χ3n) is 2.47. The van der Waals surface area contributed by atoms with Crippen LogP contribution < -0.4 is 4.90 Å². The highest BCUT2D eigenvalue weighted by Crippen LogP contribution is 2.28. The monoisotopic (exact) mass is 291 g/mol. The molecule has 3 nitrogen and oxygen atoms in total. The summed E-state index contributed by atoms with van der Waals surface area (Å²) in [5.41, 5.74) is 1.65. The number of nitriles is 2. The lowest BCUT2D eigenvalue weighted by Gasteiger charge is -2.29. The summed E-state index contributed by atoms with van der Waals surface area (Å²) in [5, 5.41) is 17.5. The highest BCUT2D eigenvalue weighted by molar-refractivity contribution is 9.10. The van der Waals surface area contributed by atoms with Gasteiger partial charge in [-0.25, -0.2) is 0 Å². The third-order valence-corrected chi connectivity index (χ3v) is 3.11. The van der Waals surface area contributed by atoms with Crippen LogP contribution in [0.2, 0.25) is 0 Å². The standard InChI is InChI=1S/C13H14BrN3/c1-10(2)17(7-3-6-15)13-5-4-11(9-16)8-12(13)14/h4-5,8,10H,3,7H2,1-2H3. The van der Waals surface area contributed by atoms with E-state index in [-0.39, 0.29) is 0 Å². The summed E-state index contributed by atoms with van der Waals surface area (Å²) in [6, 6.07) is 10.1. The van der Waals surface area contributed by atoms with Crippen LogP contribution in [0.25, 0.3) is 0 Å². The smallest absolute Gasteiger partial charge is 0.0992 e. The molecule has 0 saturated carbocycles. The molecule has 0 spiro atoms. The van der Waals surface area contributed by atoms with Crippen molar-refractivity contribution >= 4 is 21.6 Å². The summed E-state index contributed by atoms with van der Waals surface area (Å²) >= 11 is 3.47.